The maximum atomic E-state index is 11.7. The quantitative estimate of drug-likeness (QED) is 0.852. The standard InChI is InChI=1S/C11H11NO4S2/c13-9-2-1-3-12(9)10(14)6-17-7-4-8(11(15)16)18-5-7/h4-5H,1-3,6H2,(H,15,16). The molecule has 5 nitrogen and oxygen atoms in total. The molecular weight excluding hydrogens is 274 g/mol. The van der Waals surface area contributed by atoms with E-state index in [4.69, 9.17) is 5.11 Å². The molecule has 1 aliphatic heterocycles. The van der Waals surface area contributed by atoms with Crippen LogP contribution in [0.2, 0.25) is 0 Å². The Labute approximate surface area is 112 Å². The maximum absolute atomic E-state index is 11.7. The highest BCUT2D eigenvalue weighted by atomic mass is 32.2. The van der Waals surface area contributed by atoms with Gasteiger partial charge in [0, 0.05) is 23.2 Å². The van der Waals surface area contributed by atoms with Crippen molar-refractivity contribution >= 4 is 40.9 Å². The van der Waals surface area contributed by atoms with Gasteiger partial charge in [-0.3, -0.25) is 14.5 Å². The zero-order chi connectivity index (χ0) is 13.1. The van der Waals surface area contributed by atoms with E-state index in [1.165, 1.54) is 22.7 Å². The average molecular weight is 285 g/mol. The first-order chi connectivity index (χ1) is 8.58. The van der Waals surface area contributed by atoms with Crippen LogP contribution in [0.4, 0.5) is 0 Å². The van der Waals surface area contributed by atoms with Crippen molar-refractivity contribution in [3.63, 3.8) is 0 Å². The van der Waals surface area contributed by atoms with E-state index in [-0.39, 0.29) is 22.4 Å². The van der Waals surface area contributed by atoms with Crippen LogP contribution in [0.3, 0.4) is 0 Å². The number of carbonyl (C=O) groups excluding carboxylic acids is 2. The van der Waals surface area contributed by atoms with E-state index in [2.05, 4.69) is 0 Å². The zero-order valence-electron chi connectivity index (χ0n) is 9.42. The molecule has 2 amide bonds. The number of carboxylic acid groups (broad SMARTS) is 1. The normalized spacial score (nSPS) is 15.1. The van der Waals surface area contributed by atoms with Gasteiger partial charge >= 0.3 is 5.97 Å². The zero-order valence-corrected chi connectivity index (χ0v) is 11.1. The number of thiophene rings is 1. The van der Waals surface area contributed by atoms with Crippen molar-refractivity contribution in [2.75, 3.05) is 12.3 Å². The summed E-state index contributed by atoms with van der Waals surface area (Å²) >= 11 is 2.39. The number of carbonyl (C=O) groups is 3. The van der Waals surface area contributed by atoms with Gasteiger partial charge in [-0.1, -0.05) is 0 Å². The molecule has 0 saturated carbocycles. The van der Waals surface area contributed by atoms with Crippen LogP contribution in [0.1, 0.15) is 22.5 Å². The van der Waals surface area contributed by atoms with Crippen LogP contribution in [0.25, 0.3) is 0 Å². The largest absolute Gasteiger partial charge is 0.477 e. The first-order valence-electron chi connectivity index (χ1n) is 5.36. The highest BCUT2D eigenvalue weighted by Gasteiger charge is 2.26. The summed E-state index contributed by atoms with van der Waals surface area (Å²) in [4.78, 5) is 36.0. The Morgan fingerprint density at radius 3 is 2.83 bits per heavy atom. The number of rotatable bonds is 4. The molecule has 0 spiro atoms. The molecule has 18 heavy (non-hydrogen) atoms. The fraction of sp³-hybridized carbons (Fsp3) is 0.364. The molecule has 2 rings (SSSR count). The first-order valence-corrected chi connectivity index (χ1v) is 7.22. The van der Waals surface area contributed by atoms with Crippen LogP contribution in [0.5, 0.6) is 0 Å². The van der Waals surface area contributed by atoms with E-state index < -0.39 is 5.97 Å². The van der Waals surface area contributed by atoms with Crippen LogP contribution in [0, 0.1) is 0 Å². The van der Waals surface area contributed by atoms with E-state index >= 15 is 0 Å². The van der Waals surface area contributed by atoms with E-state index in [9.17, 15) is 14.4 Å². The average Bonchev–Trinajstić information content (AvgIpc) is 2.94. The molecule has 0 radical (unpaired) electrons. The lowest BCUT2D eigenvalue weighted by Gasteiger charge is -2.12. The lowest BCUT2D eigenvalue weighted by atomic mass is 10.4. The monoisotopic (exact) mass is 285 g/mol. The number of imide groups is 1. The molecule has 1 N–H and O–H groups in total. The summed E-state index contributed by atoms with van der Waals surface area (Å²) in [6.45, 7) is 0.502. The predicted molar refractivity (Wildman–Crippen MR) is 68.0 cm³/mol. The summed E-state index contributed by atoms with van der Waals surface area (Å²) in [7, 11) is 0. The predicted octanol–water partition coefficient (Wildman–Crippen LogP) is 1.69. The number of hydrogen-bond acceptors (Lipinski definition) is 5. The molecule has 0 aliphatic carbocycles. The summed E-state index contributed by atoms with van der Waals surface area (Å²) in [5.74, 6) is -1.11. The number of thioether (sulfide) groups is 1. The molecule has 0 unspecified atom stereocenters. The third-order valence-electron chi connectivity index (χ3n) is 2.52. The van der Waals surface area contributed by atoms with E-state index in [0.29, 0.717) is 13.0 Å². The van der Waals surface area contributed by atoms with Gasteiger partial charge in [-0.2, -0.15) is 0 Å². The molecule has 7 heteroatoms. The Bertz CT molecular complexity index is 497. The van der Waals surface area contributed by atoms with Gasteiger partial charge < -0.3 is 5.11 Å². The molecular formula is C11H11NO4S2. The maximum Gasteiger partial charge on any atom is 0.345 e. The van der Waals surface area contributed by atoms with Gasteiger partial charge in [0.15, 0.2) is 0 Å². The van der Waals surface area contributed by atoms with E-state index in [1.807, 2.05) is 0 Å². The van der Waals surface area contributed by atoms with Gasteiger partial charge in [0.1, 0.15) is 4.88 Å². The number of carboxylic acids is 1. The number of amides is 2. The fourth-order valence-electron chi connectivity index (χ4n) is 1.64. The van der Waals surface area contributed by atoms with Gasteiger partial charge in [-0.15, -0.1) is 23.1 Å². The van der Waals surface area contributed by atoms with Crippen LogP contribution >= 0.6 is 23.1 Å². The van der Waals surface area contributed by atoms with Gasteiger partial charge in [-0.25, -0.2) is 4.79 Å². The number of hydrogen-bond donors (Lipinski definition) is 1. The van der Waals surface area contributed by atoms with Gasteiger partial charge in [-0.05, 0) is 12.5 Å². The minimum Gasteiger partial charge on any atom is -0.477 e. The molecule has 1 saturated heterocycles. The van der Waals surface area contributed by atoms with Crippen LogP contribution < -0.4 is 0 Å². The highest BCUT2D eigenvalue weighted by molar-refractivity contribution is 8.00. The lowest BCUT2D eigenvalue weighted by molar-refractivity contribution is -0.140. The molecule has 96 valence electrons. The second kappa shape index (κ2) is 5.53. The highest BCUT2D eigenvalue weighted by Crippen LogP contribution is 2.25. The summed E-state index contributed by atoms with van der Waals surface area (Å²) < 4.78 is 0. The summed E-state index contributed by atoms with van der Waals surface area (Å²) in [6, 6.07) is 1.54. The lowest BCUT2D eigenvalue weighted by Crippen LogP contribution is -2.33. The van der Waals surface area contributed by atoms with Crippen molar-refractivity contribution in [3.8, 4) is 0 Å². The smallest absolute Gasteiger partial charge is 0.345 e. The van der Waals surface area contributed by atoms with Crippen molar-refractivity contribution in [2.24, 2.45) is 0 Å². The van der Waals surface area contributed by atoms with Gasteiger partial charge in [0.2, 0.25) is 11.8 Å². The SMILES string of the molecule is O=C(O)c1cc(SCC(=O)N2CCCC2=O)cs1. The second-order valence-corrected chi connectivity index (χ2v) is 5.74. The van der Waals surface area contributed by atoms with Crippen molar-refractivity contribution in [2.45, 2.75) is 17.7 Å². The number of nitrogens with zero attached hydrogens (tertiary/aromatic N) is 1. The Balaban J connectivity index is 1.89. The Morgan fingerprint density at radius 1 is 1.50 bits per heavy atom. The minimum absolute atomic E-state index is 0.114. The summed E-state index contributed by atoms with van der Waals surface area (Å²) in [6.07, 6.45) is 1.18. The fourth-order valence-corrected chi connectivity index (χ4v) is 3.39. The van der Waals surface area contributed by atoms with Gasteiger partial charge in [0.05, 0.1) is 5.75 Å². The van der Waals surface area contributed by atoms with E-state index in [0.717, 1.165) is 22.7 Å². The third-order valence-corrected chi connectivity index (χ3v) is 4.55. The Morgan fingerprint density at radius 2 is 2.28 bits per heavy atom. The van der Waals surface area contributed by atoms with Crippen molar-refractivity contribution in [1.29, 1.82) is 0 Å². The topological polar surface area (TPSA) is 74.7 Å². The van der Waals surface area contributed by atoms with E-state index in [1.54, 1.807) is 5.38 Å². The molecule has 1 aromatic heterocycles. The Hall–Kier alpha value is -1.34. The molecule has 0 atom stereocenters. The number of likely N-dealkylation sites (tertiary alicyclic amines) is 1. The second-order valence-electron chi connectivity index (χ2n) is 3.78. The molecule has 1 aromatic rings. The van der Waals surface area contributed by atoms with Crippen LogP contribution in [0.15, 0.2) is 16.3 Å². The molecule has 2 heterocycles. The van der Waals surface area contributed by atoms with Crippen molar-refractivity contribution in [3.05, 3.63) is 16.3 Å². The van der Waals surface area contributed by atoms with Gasteiger partial charge in [0.25, 0.3) is 0 Å². The van der Waals surface area contributed by atoms with Crippen LogP contribution in [-0.4, -0.2) is 40.1 Å². The summed E-state index contributed by atoms with van der Waals surface area (Å²) in [5.41, 5.74) is 0. The van der Waals surface area contributed by atoms with Crippen LogP contribution in [-0.2, 0) is 9.59 Å². The molecule has 1 aliphatic rings. The molecule has 1 fully saturated rings. The first kappa shape index (κ1) is 13.1. The minimum atomic E-state index is -0.965. The molecule has 0 bridgehead atoms. The summed E-state index contributed by atoms with van der Waals surface area (Å²) in [5, 5.41) is 10.5. The third kappa shape index (κ3) is 2.91. The van der Waals surface area contributed by atoms with Crippen molar-refractivity contribution < 1.29 is 19.5 Å². The Kier molecular flexibility index (Phi) is 4.03. The number of aromatic carboxylic acids is 1. The molecule has 0 aromatic carbocycles. The van der Waals surface area contributed by atoms with Crippen molar-refractivity contribution in [1.82, 2.24) is 4.90 Å².